The number of benzene rings is 1. The van der Waals surface area contributed by atoms with Crippen molar-refractivity contribution in [2.45, 2.75) is 30.8 Å². The molecule has 1 saturated heterocycles. The molecule has 5 aliphatic rings. The summed E-state index contributed by atoms with van der Waals surface area (Å²) in [4.78, 5) is 2.39. The lowest BCUT2D eigenvalue weighted by Gasteiger charge is -2.38. The van der Waals surface area contributed by atoms with E-state index in [9.17, 15) is 0 Å². The van der Waals surface area contributed by atoms with E-state index in [1.165, 1.54) is 22.3 Å². The highest BCUT2D eigenvalue weighted by Crippen LogP contribution is 2.46. The van der Waals surface area contributed by atoms with Crippen LogP contribution in [0.4, 0.5) is 0 Å². The van der Waals surface area contributed by atoms with E-state index in [4.69, 9.17) is 23.7 Å². The van der Waals surface area contributed by atoms with Gasteiger partial charge in [0.05, 0.1) is 12.6 Å². The molecule has 136 valence electrons. The number of likely N-dealkylation sites (N-methyl/N-ethyl adjacent to an activating group) is 1. The zero-order valence-electron chi connectivity index (χ0n) is 14.6. The maximum absolute atomic E-state index is 6.32. The highest BCUT2D eigenvalue weighted by molar-refractivity contribution is 5.52. The average molecular weight is 355 g/mol. The Morgan fingerprint density at radius 1 is 1.00 bits per heavy atom. The molecule has 26 heavy (non-hydrogen) atoms. The fraction of sp³-hybridized carbons (Fsp3) is 0.500. The molecule has 4 heterocycles. The second-order valence-electron chi connectivity index (χ2n) is 7.49. The number of hydrogen-bond acceptors (Lipinski definition) is 6. The molecule has 4 atom stereocenters. The van der Waals surface area contributed by atoms with Crippen LogP contribution in [0.3, 0.4) is 0 Å². The van der Waals surface area contributed by atoms with Crippen LogP contribution in [0.15, 0.2) is 35.4 Å². The normalized spacial score (nSPS) is 34.8. The number of fused-ring (bicyclic) bond motifs is 4. The third-order valence-corrected chi connectivity index (χ3v) is 6.16. The summed E-state index contributed by atoms with van der Waals surface area (Å²) in [6.07, 6.45) is 5.33. The standard InChI is InChI=1S/C20H21NO5/c1-21-5-4-11-6-16-17(25-9-24-16)7-13(11)18(21)20-12-2-3-15-19(26-10-23-15)14(12)8-22-20/h2-3,6-7,15,18-20H,4-5,8-10H2,1H3/t15?,18-,19?,20+/m0/s1. The van der Waals surface area contributed by atoms with E-state index in [1.807, 2.05) is 0 Å². The van der Waals surface area contributed by atoms with Crippen molar-refractivity contribution >= 4 is 0 Å². The third-order valence-electron chi connectivity index (χ3n) is 6.16. The largest absolute Gasteiger partial charge is 0.454 e. The van der Waals surface area contributed by atoms with Gasteiger partial charge in [-0.05, 0) is 47.9 Å². The Morgan fingerprint density at radius 3 is 2.81 bits per heavy atom. The maximum atomic E-state index is 6.32. The maximum Gasteiger partial charge on any atom is 0.231 e. The quantitative estimate of drug-likeness (QED) is 0.768. The van der Waals surface area contributed by atoms with Crippen molar-refractivity contribution in [3.05, 3.63) is 46.6 Å². The van der Waals surface area contributed by atoms with Crippen LogP contribution < -0.4 is 9.47 Å². The zero-order chi connectivity index (χ0) is 17.3. The smallest absolute Gasteiger partial charge is 0.231 e. The van der Waals surface area contributed by atoms with Crippen molar-refractivity contribution < 1.29 is 23.7 Å². The number of nitrogens with zero attached hydrogens (tertiary/aromatic N) is 1. The first-order valence-corrected chi connectivity index (χ1v) is 9.18. The summed E-state index contributed by atoms with van der Waals surface area (Å²) in [6.45, 7) is 2.27. The van der Waals surface area contributed by atoms with Gasteiger partial charge in [0.25, 0.3) is 0 Å². The van der Waals surface area contributed by atoms with Gasteiger partial charge in [0.1, 0.15) is 25.1 Å². The van der Waals surface area contributed by atoms with E-state index in [0.29, 0.717) is 20.2 Å². The Kier molecular flexibility index (Phi) is 3.26. The van der Waals surface area contributed by atoms with Gasteiger partial charge in [0.2, 0.25) is 6.79 Å². The van der Waals surface area contributed by atoms with Gasteiger partial charge < -0.3 is 23.7 Å². The van der Waals surface area contributed by atoms with E-state index in [0.717, 1.165) is 24.5 Å². The van der Waals surface area contributed by atoms with Gasteiger partial charge >= 0.3 is 0 Å². The second kappa shape index (κ2) is 5.57. The molecule has 0 saturated carbocycles. The third kappa shape index (κ3) is 2.07. The summed E-state index contributed by atoms with van der Waals surface area (Å²) in [5.74, 6) is 1.69. The molecule has 6 nitrogen and oxygen atoms in total. The predicted octanol–water partition coefficient (Wildman–Crippen LogP) is 1.95. The van der Waals surface area contributed by atoms with E-state index in [1.54, 1.807) is 0 Å². The summed E-state index contributed by atoms with van der Waals surface area (Å²) in [7, 11) is 2.17. The average Bonchev–Trinajstić information content (AvgIpc) is 3.37. The van der Waals surface area contributed by atoms with Gasteiger partial charge in [-0.1, -0.05) is 12.2 Å². The minimum Gasteiger partial charge on any atom is -0.454 e. The van der Waals surface area contributed by atoms with E-state index < -0.39 is 0 Å². The Balaban J connectivity index is 1.42. The van der Waals surface area contributed by atoms with Crippen LogP contribution in [-0.4, -0.2) is 57.0 Å². The molecule has 6 rings (SSSR count). The molecule has 0 radical (unpaired) electrons. The lowest BCUT2D eigenvalue weighted by Crippen LogP contribution is -2.40. The Morgan fingerprint density at radius 2 is 1.88 bits per heavy atom. The lowest BCUT2D eigenvalue weighted by molar-refractivity contribution is 0.0316. The molecule has 0 spiro atoms. The SMILES string of the molecule is CN1CCc2cc3c(cc2[C@H]1[C@@H]1OCC2=C1C=CC1OCOC21)OCO3. The van der Waals surface area contributed by atoms with Gasteiger partial charge in [-0.25, -0.2) is 0 Å². The van der Waals surface area contributed by atoms with Crippen molar-refractivity contribution in [2.24, 2.45) is 0 Å². The lowest BCUT2D eigenvalue weighted by atomic mass is 9.84. The van der Waals surface area contributed by atoms with E-state index in [-0.39, 0.29) is 24.4 Å². The second-order valence-corrected chi connectivity index (χ2v) is 7.49. The van der Waals surface area contributed by atoms with Crippen molar-refractivity contribution in [2.75, 3.05) is 33.8 Å². The van der Waals surface area contributed by atoms with E-state index in [2.05, 4.69) is 36.2 Å². The number of ether oxygens (including phenoxy) is 5. The monoisotopic (exact) mass is 355 g/mol. The van der Waals surface area contributed by atoms with Gasteiger partial charge in [0.15, 0.2) is 11.5 Å². The van der Waals surface area contributed by atoms with Crippen LogP contribution in [0.2, 0.25) is 0 Å². The Bertz CT molecular complexity index is 832. The van der Waals surface area contributed by atoms with Crippen molar-refractivity contribution in [1.29, 1.82) is 0 Å². The highest BCUT2D eigenvalue weighted by atomic mass is 16.7. The first-order valence-electron chi connectivity index (χ1n) is 9.18. The van der Waals surface area contributed by atoms with Crippen molar-refractivity contribution in [1.82, 2.24) is 4.90 Å². The molecule has 1 aliphatic carbocycles. The first-order chi connectivity index (χ1) is 12.8. The van der Waals surface area contributed by atoms with Gasteiger partial charge in [-0.2, -0.15) is 0 Å². The molecule has 0 N–H and O–H groups in total. The summed E-state index contributed by atoms with van der Waals surface area (Å²) in [5.41, 5.74) is 5.09. The molecule has 0 aromatic heterocycles. The molecular formula is C20H21NO5. The van der Waals surface area contributed by atoms with Crippen LogP contribution in [0.1, 0.15) is 17.2 Å². The van der Waals surface area contributed by atoms with Gasteiger partial charge in [-0.15, -0.1) is 0 Å². The van der Waals surface area contributed by atoms with Crippen LogP contribution in [0, 0.1) is 0 Å². The molecule has 2 unspecified atom stereocenters. The molecule has 0 bridgehead atoms. The van der Waals surface area contributed by atoms with Crippen molar-refractivity contribution in [3.63, 3.8) is 0 Å². The molecular weight excluding hydrogens is 334 g/mol. The topological polar surface area (TPSA) is 49.4 Å². The molecule has 6 heteroatoms. The molecule has 4 aliphatic heterocycles. The summed E-state index contributed by atoms with van der Waals surface area (Å²) in [6, 6.07) is 4.44. The Hall–Kier alpha value is -1.86. The van der Waals surface area contributed by atoms with Gasteiger partial charge in [-0.3, -0.25) is 4.90 Å². The molecule has 1 fully saturated rings. The molecule has 1 aromatic carbocycles. The van der Waals surface area contributed by atoms with Crippen LogP contribution >= 0.6 is 0 Å². The zero-order valence-corrected chi connectivity index (χ0v) is 14.6. The van der Waals surface area contributed by atoms with Gasteiger partial charge in [0, 0.05) is 6.54 Å². The number of hydrogen-bond donors (Lipinski definition) is 0. The summed E-state index contributed by atoms with van der Waals surface area (Å²) in [5, 5.41) is 0. The number of rotatable bonds is 1. The highest BCUT2D eigenvalue weighted by Gasteiger charge is 2.44. The predicted molar refractivity (Wildman–Crippen MR) is 92.2 cm³/mol. The molecule has 0 amide bonds. The minimum absolute atomic E-state index is 0.00387. The fourth-order valence-electron chi connectivity index (χ4n) is 4.83. The van der Waals surface area contributed by atoms with Crippen LogP contribution in [0.5, 0.6) is 11.5 Å². The summed E-state index contributed by atoms with van der Waals surface area (Å²) >= 11 is 0. The minimum atomic E-state index is -0.00387. The molecule has 1 aromatic rings. The van der Waals surface area contributed by atoms with Crippen LogP contribution in [0.25, 0.3) is 0 Å². The fourth-order valence-corrected chi connectivity index (χ4v) is 4.83. The summed E-state index contributed by atoms with van der Waals surface area (Å²) < 4.78 is 29.0. The van der Waals surface area contributed by atoms with Crippen LogP contribution in [-0.2, 0) is 20.6 Å². The van der Waals surface area contributed by atoms with E-state index >= 15 is 0 Å². The Labute approximate surface area is 151 Å². The van der Waals surface area contributed by atoms with Crippen molar-refractivity contribution in [3.8, 4) is 11.5 Å². The first kappa shape index (κ1) is 15.2.